The summed E-state index contributed by atoms with van der Waals surface area (Å²) < 4.78 is 18.0. The summed E-state index contributed by atoms with van der Waals surface area (Å²) in [6.45, 7) is 3.83. The fraction of sp³-hybridized carbons (Fsp3) is 0.267. The van der Waals surface area contributed by atoms with Crippen LogP contribution >= 0.6 is 11.6 Å². The highest BCUT2D eigenvalue weighted by molar-refractivity contribution is 7.90. The Morgan fingerprint density at radius 2 is 2.09 bits per heavy atom. The van der Waals surface area contributed by atoms with Crippen LogP contribution in [0.5, 0.6) is 5.75 Å². The lowest BCUT2D eigenvalue weighted by molar-refractivity contribution is 0.407. The Morgan fingerprint density at radius 1 is 1.30 bits per heavy atom. The number of hydrogen-bond acceptors (Lipinski definition) is 5. The first-order valence-corrected chi connectivity index (χ1v) is 8.59. The lowest BCUT2D eigenvalue weighted by atomic mass is 10.1. The van der Waals surface area contributed by atoms with Crippen LogP contribution in [-0.4, -0.2) is 31.6 Å². The molecule has 1 unspecified atom stereocenters. The summed E-state index contributed by atoms with van der Waals surface area (Å²) in [7, 11) is 1.62. The first-order valence-electron chi connectivity index (χ1n) is 6.89. The van der Waals surface area contributed by atoms with Gasteiger partial charge in [-0.15, -0.1) is 0 Å². The van der Waals surface area contributed by atoms with Gasteiger partial charge < -0.3 is 9.29 Å². The molecule has 0 amide bonds. The first-order chi connectivity index (χ1) is 11.0. The number of nitrogens with one attached hydrogen (secondary N) is 1. The molecule has 0 spiro atoms. The molecule has 1 atom stereocenters. The smallest absolute Gasteiger partial charge is 0.323 e. The molecular formula is C15H15ClN4O2S. The van der Waals surface area contributed by atoms with Crippen LogP contribution in [0.2, 0.25) is 5.15 Å². The zero-order valence-electron chi connectivity index (χ0n) is 12.9. The summed E-state index contributed by atoms with van der Waals surface area (Å²) in [5.74, 6) is 1.01. The van der Waals surface area contributed by atoms with Crippen molar-refractivity contribution < 1.29 is 9.29 Å². The molecule has 3 heterocycles. The molecular weight excluding hydrogens is 336 g/mol. The second kappa shape index (κ2) is 6.35. The number of halogens is 1. The van der Waals surface area contributed by atoms with Crippen LogP contribution in [0, 0.1) is 13.8 Å². The maximum atomic E-state index is 12.6. The van der Waals surface area contributed by atoms with Gasteiger partial charge in [0.25, 0.3) is 0 Å². The van der Waals surface area contributed by atoms with Crippen molar-refractivity contribution in [2.45, 2.75) is 24.8 Å². The Hall–Kier alpha value is -1.83. The van der Waals surface area contributed by atoms with Gasteiger partial charge in [0.2, 0.25) is 0 Å². The average molecular weight is 351 g/mol. The number of aromatic nitrogens is 4. The number of H-pyrrole nitrogens is 1. The van der Waals surface area contributed by atoms with Gasteiger partial charge in [0.1, 0.15) is 10.9 Å². The van der Waals surface area contributed by atoms with Crippen molar-refractivity contribution in [1.29, 1.82) is 0 Å². The van der Waals surface area contributed by atoms with Crippen LogP contribution in [0.25, 0.3) is 11.2 Å². The Bertz CT molecular complexity index is 868. The molecule has 120 valence electrons. The quantitative estimate of drug-likeness (QED) is 0.577. The molecule has 0 aliphatic rings. The molecule has 3 rings (SSSR count). The van der Waals surface area contributed by atoms with Crippen LogP contribution < -0.4 is 4.74 Å². The van der Waals surface area contributed by atoms with Gasteiger partial charge in [-0.2, -0.15) is 4.98 Å². The molecule has 0 aliphatic heterocycles. The average Bonchev–Trinajstić information content (AvgIpc) is 2.93. The molecule has 23 heavy (non-hydrogen) atoms. The van der Waals surface area contributed by atoms with Crippen molar-refractivity contribution in [3.8, 4) is 5.75 Å². The molecule has 3 aromatic rings. The maximum absolute atomic E-state index is 12.6. The normalized spacial score (nSPS) is 12.6. The molecule has 0 saturated carbocycles. The summed E-state index contributed by atoms with van der Waals surface area (Å²) >= 11 is 4.47. The second-order valence-electron chi connectivity index (χ2n) is 5.08. The molecule has 0 fully saturated rings. The number of ether oxygens (including phenoxy) is 1. The largest absolute Gasteiger partial charge is 0.609 e. The maximum Gasteiger partial charge on any atom is 0.323 e. The van der Waals surface area contributed by atoms with E-state index in [1.165, 1.54) is 0 Å². The topological polar surface area (TPSA) is 86.8 Å². The third-order valence-corrected chi connectivity index (χ3v) is 4.89. The van der Waals surface area contributed by atoms with E-state index in [2.05, 4.69) is 19.9 Å². The Balaban J connectivity index is 1.90. The van der Waals surface area contributed by atoms with Gasteiger partial charge in [0.05, 0.1) is 18.3 Å². The van der Waals surface area contributed by atoms with Crippen molar-refractivity contribution in [3.05, 3.63) is 40.3 Å². The molecule has 0 bridgehead atoms. The van der Waals surface area contributed by atoms with E-state index in [9.17, 15) is 4.55 Å². The van der Waals surface area contributed by atoms with E-state index in [0.29, 0.717) is 21.5 Å². The molecule has 3 aromatic heterocycles. The Labute approximate surface area is 141 Å². The van der Waals surface area contributed by atoms with Crippen LogP contribution in [0.1, 0.15) is 16.8 Å². The van der Waals surface area contributed by atoms with Crippen LogP contribution in [0.15, 0.2) is 23.5 Å². The minimum absolute atomic E-state index is 0.246. The lowest BCUT2D eigenvalue weighted by Crippen LogP contribution is -2.10. The SMILES string of the molecule is COc1c(C)cnc(C[S+]([O-])c2nc3nc(Cl)ccc3[nH]2)c1C. The minimum Gasteiger partial charge on any atom is -0.609 e. The van der Waals surface area contributed by atoms with E-state index in [1.807, 2.05) is 13.8 Å². The number of imidazole rings is 1. The number of pyridine rings is 2. The predicted octanol–water partition coefficient (Wildman–Crippen LogP) is 2.94. The van der Waals surface area contributed by atoms with E-state index in [4.69, 9.17) is 16.3 Å². The van der Waals surface area contributed by atoms with Crippen molar-refractivity contribution in [2.75, 3.05) is 7.11 Å². The third kappa shape index (κ3) is 3.12. The number of aryl methyl sites for hydroxylation is 1. The fourth-order valence-corrected chi connectivity index (χ4v) is 3.60. The van der Waals surface area contributed by atoms with Crippen molar-refractivity contribution in [2.24, 2.45) is 0 Å². The predicted molar refractivity (Wildman–Crippen MR) is 89.3 cm³/mol. The number of methoxy groups -OCH3 is 1. The van der Waals surface area contributed by atoms with Crippen LogP contribution in [-0.2, 0) is 16.9 Å². The van der Waals surface area contributed by atoms with E-state index in [1.54, 1.807) is 25.4 Å². The van der Waals surface area contributed by atoms with E-state index in [-0.39, 0.29) is 5.75 Å². The highest BCUT2D eigenvalue weighted by Crippen LogP contribution is 2.26. The van der Waals surface area contributed by atoms with Crippen molar-refractivity contribution in [3.63, 3.8) is 0 Å². The second-order valence-corrected chi connectivity index (χ2v) is 6.84. The van der Waals surface area contributed by atoms with Gasteiger partial charge in [0.15, 0.2) is 11.4 Å². The lowest BCUT2D eigenvalue weighted by Gasteiger charge is -2.13. The van der Waals surface area contributed by atoms with Gasteiger partial charge in [-0.05, 0) is 26.0 Å². The highest BCUT2D eigenvalue weighted by Gasteiger charge is 2.21. The minimum atomic E-state index is -1.37. The summed E-state index contributed by atoms with van der Waals surface area (Å²) in [6, 6.07) is 3.42. The van der Waals surface area contributed by atoms with Gasteiger partial charge in [-0.1, -0.05) is 11.6 Å². The fourth-order valence-electron chi connectivity index (χ4n) is 2.36. The molecule has 0 radical (unpaired) electrons. The Morgan fingerprint density at radius 3 is 2.83 bits per heavy atom. The van der Waals surface area contributed by atoms with Gasteiger partial charge in [-0.3, -0.25) is 9.97 Å². The highest BCUT2D eigenvalue weighted by atomic mass is 35.5. The summed E-state index contributed by atoms with van der Waals surface area (Å²) in [5, 5.41) is 0.706. The number of rotatable bonds is 4. The standard InChI is InChI=1S/C15H15ClN4O2S/c1-8-6-17-11(9(2)13(8)22-3)7-23(21)15-18-10-4-5-12(16)19-14(10)20-15/h4-6H,7H2,1-3H3,(H,18,19,20). The van der Waals surface area contributed by atoms with Gasteiger partial charge in [-0.25, -0.2) is 4.98 Å². The molecule has 0 saturated heterocycles. The van der Waals surface area contributed by atoms with Gasteiger partial charge >= 0.3 is 5.16 Å². The molecule has 6 nitrogen and oxygen atoms in total. The van der Waals surface area contributed by atoms with Crippen LogP contribution in [0.4, 0.5) is 0 Å². The van der Waals surface area contributed by atoms with E-state index in [0.717, 1.165) is 22.6 Å². The summed E-state index contributed by atoms with van der Waals surface area (Å²) in [6.07, 6.45) is 1.72. The summed E-state index contributed by atoms with van der Waals surface area (Å²) in [4.78, 5) is 15.7. The number of hydrogen-bond donors (Lipinski definition) is 1. The van der Waals surface area contributed by atoms with E-state index < -0.39 is 11.2 Å². The Kier molecular flexibility index (Phi) is 4.43. The third-order valence-electron chi connectivity index (χ3n) is 3.52. The summed E-state index contributed by atoms with van der Waals surface area (Å²) in [5.41, 5.74) is 3.70. The first kappa shape index (κ1) is 16.0. The van der Waals surface area contributed by atoms with E-state index >= 15 is 0 Å². The molecule has 0 aromatic carbocycles. The zero-order chi connectivity index (χ0) is 16.6. The van der Waals surface area contributed by atoms with Crippen molar-refractivity contribution in [1.82, 2.24) is 19.9 Å². The monoisotopic (exact) mass is 350 g/mol. The molecule has 0 aliphatic carbocycles. The number of fused-ring (bicyclic) bond motifs is 1. The number of aromatic amines is 1. The zero-order valence-corrected chi connectivity index (χ0v) is 14.5. The molecule has 8 heteroatoms. The molecule has 1 N–H and O–H groups in total. The van der Waals surface area contributed by atoms with Crippen LogP contribution in [0.3, 0.4) is 0 Å². The van der Waals surface area contributed by atoms with Crippen molar-refractivity contribution >= 4 is 33.9 Å². The number of nitrogens with zero attached hydrogens (tertiary/aromatic N) is 3. The van der Waals surface area contributed by atoms with Gasteiger partial charge in [0, 0.05) is 28.5 Å².